The average molecular weight is 285 g/mol. The lowest BCUT2D eigenvalue weighted by atomic mass is 10.2. The van der Waals surface area contributed by atoms with Crippen molar-refractivity contribution in [2.24, 2.45) is 5.73 Å². The minimum atomic E-state index is -0.516. The molecule has 0 aliphatic rings. The van der Waals surface area contributed by atoms with Crippen molar-refractivity contribution in [1.82, 2.24) is 10.3 Å². The number of nitrogens with two attached hydrogens (primary N) is 1. The first-order valence-electron chi connectivity index (χ1n) is 6.70. The molecule has 1 aromatic rings. The van der Waals surface area contributed by atoms with E-state index in [-0.39, 0.29) is 18.9 Å². The van der Waals surface area contributed by atoms with E-state index in [0.29, 0.717) is 0 Å². The maximum Gasteiger partial charge on any atom is 0.226 e. The number of hydrogen-bond acceptors (Lipinski definition) is 5. The van der Waals surface area contributed by atoms with Crippen LogP contribution in [0.4, 0.5) is 0 Å². The van der Waals surface area contributed by atoms with E-state index in [1.54, 1.807) is 18.3 Å². The highest BCUT2D eigenvalue weighted by molar-refractivity contribution is 7.09. The van der Waals surface area contributed by atoms with Crippen LogP contribution in [0.2, 0.25) is 0 Å². The zero-order valence-electron chi connectivity index (χ0n) is 11.4. The van der Waals surface area contributed by atoms with Gasteiger partial charge >= 0.3 is 0 Å². The van der Waals surface area contributed by atoms with Gasteiger partial charge in [0.2, 0.25) is 5.91 Å². The second-order valence-corrected chi connectivity index (χ2v) is 5.60. The average Bonchev–Trinajstić information content (AvgIpc) is 2.80. The van der Waals surface area contributed by atoms with Crippen LogP contribution in [-0.2, 0) is 17.6 Å². The second kappa shape index (κ2) is 9.01. The number of thiazole rings is 1. The van der Waals surface area contributed by atoms with E-state index in [2.05, 4.69) is 10.3 Å². The number of carbonyl (C=O) groups excluding carboxylic acids is 1. The van der Waals surface area contributed by atoms with Crippen LogP contribution in [0.1, 0.15) is 36.9 Å². The third kappa shape index (κ3) is 7.25. The molecule has 0 aliphatic carbocycles. The second-order valence-electron chi connectivity index (χ2n) is 4.66. The Kier molecular flexibility index (Phi) is 7.62. The van der Waals surface area contributed by atoms with Crippen molar-refractivity contribution >= 4 is 17.2 Å². The molecule has 0 fully saturated rings. The topological polar surface area (TPSA) is 88.2 Å². The Hall–Kier alpha value is -0.980. The minimum Gasteiger partial charge on any atom is -0.392 e. The van der Waals surface area contributed by atoms with Crippen LogP contribution < -0.4 is 11.1 Å². The predicted octanol–water partition coefficient (Wildman–Crippen LogP) is 0.854. The van der Waals surface area contributed by atoms with Crippen molar-refractivity contribution in [2.45, 2.75) is 45.1 Å². The molecule has 0 saturated heterocycles. The Labute approximate surface area is 118 Å². The van der Waals surface area contributed by atoms with E-state index in [1.165, 1.54) is 0 Å². The number of unbranched alkanes of at least 4 members (excludes halogenated alkanes) is 2. The predicted molar refractivity (Wildman–Crippen MR) is 77.1 cm³/mol. The number of aryl methyl sites for hydroxylation is 1. The smallest absolute Gasteiger partial charge is 0.226 e. The Morgan fingerprint density at radius 1 is 1.53 bits per heavy atom. The number of aromatic nitrogens is 1. The number of carbonyl (C=O) groups is 1. The monoisotopic (exact) mass is 285 g/mol. The number of aliphatic hydroxyl groups is 1. The van der Waals surface area contributed by atoms with Gasteiger partial charge in [-0.15, -0.1) is 11.3 Å². The molecule has 1 rings (SSSR count). The molecule has 6 heteroatoms. The number of rotatable bonds is 9. The maximum atomic E-state index is 11.6. The Balaban J connectivity index is 2.27. The highest BCUT2D eigenvalue weighted by Crippen LogP contribution is 2.13. The summed E-state index contributed by atoms with van der Waals surface area (Å²) in [6.45, 7) is 2.67. The normalized spacial score (nSPS) is 12.4. The number of hydrogen-bond donors (Lipinski definition) is 3. The molecule has 1 aromatic heterocycles. The molecule has 108 valence electrons. The molecule has 1 heterocycles. The summed E-state index contributed by atoms with van der Waals surface area (Å²) in [6, 6.07) is 0. The summed E-state index contributed by atoms with van der Waals surface area (Å²) in [7, 11) is 0. The van der Waals surface area contributed by atoms with E-state index < -0.39 is 6.10 Å². The molecule has 0 radical (unpaired) electrons. The molecule has 0 saturated carbocycles. The van der Waals surface area contributed by atoms with Gasteiger partial charge in [0.1, 0.15) is 0 Å². The van der Waals surface area contributed by atoms with E-state index in [9.17, 15) is 4.79 Å². The zero-order valence-corrected chi connectivity index (χ0v) is 12.2. The lowest BCUT2D eigenvalue weighted by molar-refractivity contribution is -0.120. The number of aliphatic hydroxyl groups excluding tert-OH is 1. The fourth-order valence-electron chi connectivity index (χ4n) is 1.63. The molecule has 4 N–H and O–H groups in total. The van der Waals surface area contributed by atoms with Gasteiger partial charge in [-0.2, -0.15) is 0 Å². The lowest BCUT2D eigenvalue weighted by Gasteiger charge is -2.05. The molecule has 0 bridgehead atoms. The molecule has 19 heavy (non-hydrogen) atoms. The van der Waals surface area contributed by atoms with Gasteiger partial charge in [-0.3, -0.25) is 4.79 Å². The van der Waals surface area contributed by atoms with E-state index in [1.807, 2.05) is 5.38 Å². The van der Waals surface area contributed by atoms with Crippen LogP contribution in [0.15, 0.2) is 5.38 Å². The van der Waals surface area contributed by atoms with Crippen molar-refractivity contribution in [3.63, 3.8) is 0 Å². The van der Waals surface area contributed by atoms with Crippen molar-refractivity contribution in [1.29, 1.82) is 0 Å². The van der Waals surface area contributed by atoms with Crippen LogP contribution in [0.3, 0.4) is 0 Å². The largest absolute Gasteiger partial charge is 0.392 e. The van der Waals surface area contributed by atoms with Crippen molar-refractivity contribution in [3.05, 3.63) is 16.1 Å². The number of nitrogens with zero attached hydrogens (tertiary/aromatic N) is 1. The van der Waals surface area contributed by atoms with Crippen molar-refractivity contribution < 1.29 is 9.90 Å². The molecular weight excluding hydrogens is 262 g/mol. The number of amides is 1. The van der Waals surface area contributed by atoms with Gasteiger partial charge in [-0.1, -0.05) is 6.42 Å². The van der Waals surface area contributed by atoms with Crippen LogP contribution in [0.5, 0.6) is 0 Å². The van der Waals surface area contributed by atoms with Gasteiger partial charge in [0, 0.05) is 11.9 Å². The molecule has 1 atom stereocenters. The zero-order chi connectivity index (χ0) is 14.1. The molecule has 0 aromatic carbocycles. The van der Waals surface area contributed by atoms with E-state index >= 15 is 0 Å². The summed E-state index contributed by atoms with van der Waals surface area (Å²) in [6.07, 6.45) is 4.00. The summed E-state index contributed by atoms with van der Waals surface area (Å²) in [5, 5.41) is 14.7. The molecule has 1 amide bonds. The molecule has 0 aliphatic heterocycles. The first-order chi connectivity index (χ1) is 9.11. The summed E-state index contributed by atoms with van der Waals surface area (Å²) in [5.41, 5.74) is 6.25. The summed E-state index contributed by atoms with van der Waals surface area (Å²) in [5.74, 6) is -0.0964. The highest BCUT2D eigenvalue weighted by Gasteiger charge is 2.08. The quantitative estimate of drug-likeness (QED) is 0.587. The highest BCUT2D eigenvalue weighted by atomic mass is 32.1. The van der Waals surface area contributed by atoms with Gasteiger partial charge in [-0.25, -0.2) is 4.98 Å². The Bertz CT molecular complexity index is 380. The molecule has 5 nitrogen and oxygen atoms in total. The first kappa shape index (κ1) is 16.1. The first-order valence-corrected chi connectivity index (χ1v) is 7.58. The summed E-state index contributed by atoms with van der Waals surface area (Å²) < 4.78 is 0. The fraction of sp³-hybridized carbons (Fsp3) is 0.692. The summed E-state index contributed by atoms with van der Waals surface area (Å²) in [4.78, 5) is 16.0. The fourth-order valence-corrected chi connectivity index (χ4v) is 2.47. The van der Waals surface area contributed by atoms with Crippen molar-refractivity contribution in [3.8, 4) is 0 Å². The number of nitrogens with one attached hydrogen (secondary N) is 1. The van der Waals surface area contributed by atoms with Gasteiger partial charge in [0.05, 0.1) is 23.2 Å². The minimum absolute atomic E-state index is 0.0964. The molecular formula is C13H23N3O2S. The third-order valence-electron chi connectivity index (χ3n) is 2.63. The van der Waals surface area contributed by atoms with Gasteiger partial charge in [0.25, 0.3) is 0 Å². The van der Waals surface area contributed by atoms with Crippen LogP contribution in [-0.4, -0.2) is 35.2 Å². The Morgan fingerprint density at radius 2 is 2.32 bits per heavy atom. The SMILES string of the molecule is CC(O)CNC(=O)Cc1csc(CCCCCN)n1. The van der Waals surface area contributed by atoms with E-state index in [0.717, 1.165) is 42.9 Å². The van der Waals surface area contributed by atoms with Gasteiger partial charge in [-0.05, 0) is 32.7 Å². The van der Waals surface area contributed by atoms with Crippen molar-refractivity contribution in [2.75, 3.05) is 13.1 Å². The van der Waals surface area contributed by atoms with Crippen LogP contribution in [0, 0.1) is 0 Å². The van der Waals surface area contributed by atoms with E-state index in [4.69, 9.17) is 10.8 Å². The molecule has 0 spiro atoms. The Morgan fingerprint density at radius 3 is 3.00 bits per heavy atom. The maximum absolute atomic E-state index is 11.6. The third-order valence-corrected chi connectivity index (χ3v) is 3.59. The van der Waals surface area contributed by atoms with Gasteiger partial charge < -0.3 is 16.2 Å². The standard InChI is InChI=1S/C13H23N3O2S/c1-10(17)8-15-12(18)7-11-9-19-13(16-11)5-3-2-4-6-14/h9-10,17H,2-8,14H2,1H3,(H,15,18). The molecule has 1 unspecified atom stereocenters. The summed E-state index contributed by atoms with van der Waals surface area (Å²) >= 11 is 1.60. The lowest BCUT2D eigenvalue weighted by Crippen LogP contribution is -2.31. The van der Waals surface area contributed by atoms with Crippen LogP contribution >= 0.6 is 11.3 Å². The van der Waals surface area contributed by atoms with Crippen LogP contribution in [0.25, 0.3) is 0 Å². The van der Waals surface area contributed by atoms with Gasteiger partial charge in [0.15, 0.2) is 0 Å².